The Labute approximate surface area is 207 Å². The second-order valence-electron chi connectivity index (χ2n) is 10.1. The average molecular weight is 469 g/mol. The lowest BCUT2D eigenvalue weighted by atomic mass is 10.0. The Morgan fingerprint density at radius 2 is 1.38 bits per heavy atom. The van der Waals surface area contributed by atoms with Gasteiger partial charge in [0.2, 0.25) is 6.79 Å². The van der Waals surface area contributed by atoms with Crippen molar-refractivity contribution in [2.45, 2.75) is 84.1 Å². The van der Waals surface area contributed by atoms with Crippen LogP contribution in [0.3, 0.4) is 0 Å². The van der Waals surface area contributed by atoms with Gasteiger partial charge in [-0.3, -0.25) is 4.79 Å². The van der Waals surface area contributed by atoms with Crippen molar-refractivity contribution in [2.75, 3.05) is 27.4 Å². The third-order valence-corrected chi connectivity index (χ3v) is 6.31. The van der Waals surface area contributed by atoms with E-state index in [-0.39, 0.29) is 12.8 Å². The van der Waals surface area contributed by atoms with Crippen molar-refractivity contribution in [3.63, 3.8) is 0 Å². The maximum atomic E-state index is 12.1. The minimum absolute atomic E-state index is 0.0391. The van der Waals surface area contributed by atoms with Crippen molar-refractivity contribution in [1.29, 1.82) is 0 Å². The van der Waals surface area contributed by atoms with Gasteiger partial charge < -0.3 is 14.0 Å². The predicted molar refractivity (Wildman–Crippen MR) is 141 cm³/mol. The van der Waals surface area contributed by atoms with Gasteiger partial charge in [0.1, 0.15) is 12.3 Å². The van der Waals surface area contributed by atoms with Crippen molar-refractivity contribution in [3.8, 4) is 5.75 Å². The van der Waals surface area contributed by atoms with Gasteiger partial charge in [-0.15, -0.1) is 0 Å². The van der Waals surface area contributed by atoms with E-state index in [2.05, 4.69) is 45.3 Å². The van der Waals surface area contributed by atoms with Gasteiger partial charge in [0.15, 0.2) is 0 Å². The highest BCUT2D eigenvalue weighted by atomic mass is 16.7. The van der Waals surface area contributed by atoms with Gasteiger partial charge in [-0.2, -0.15) is 0 Å². The maximum Gasteiger partial charge on any atom is 0.314 e. The van der Waals surface area contributed by atoms with Crippen LogP contribution in [0.4, 0.5) is 0 Å². The highest BCUT2D eigenvalue weighted by Crippen LogP contribution is 2.16. The van der Waals surface area contributed by atoms with E-state index in [4.69, 9.17) is 9.47 Å². The van der Waals surface area contributed by atoms with Crippen LogP contribution >= 0.6 is 0 Å². The van der Waals surface area contributed by atoms with Crippen LogP contribution in [0.2, 0.25) is 0 Å². The first-order valence-electron chi connectivity index (χ1n) is 13.2. The third kappa shape index (κ3) is 12.8. The number of esters is 1. The topological polar surface area (TPSA) is 35.5 Å². The number of rotatable bonds is 18. The van der Waals surface area contributed by atoms with E-state index >= 15 is 0 Å². The summed E-state index contributed by atoms with van der Waals surface area (Å²) in [6.07, 6.45) is 13.7. The molecule has 2 aromatic carbocycles. The van der Waals surface area contributed by atoms with E-state index in [1.807, 2.05) is 30.3 Å². The zero-order valence-electron chi connectivity index (χ0n) is 21.8. The number of hydrogen-bond donors (Lipinski definition) is 0. The molecule has 188 valence electrons. The zero-order chi connectivity index (χ0) is 24.5. The Hall–Kier alpha value is -2.33. The molecule has 2 aromatic rings. The highest BCUT2D eigenvalue weighted by Gasteiger charge is 2.18. The van der Waals surface area contributed by atoms with E-state index < -0.39 is 0 Å². The first-order chi connectivity index (χ1) is 16.5. The molecule has 0 spiro atoms. The van der Waals surface area contributed by atoms with Gasteiger partial charge in [-0.25, -0.2) is 0 Å². The number of carbonyl (C=O) groups excluding carboxylic acids is 1. The number of benzene rings is 2. The van der Waals surface area contributed by atoms with E-state index in [0.717, 1.165) is 29.7 Å². The smallest absolute Gasteiger partial charge is 0.314 e. The first-order valence-corrected chi connectivity index (χ1v) is 13.2. The molecule has 0 aromatic heterocycles. The lowest BCUT2D eigenvalue weighted by Crippen LogP contribution is -2.40. The number of nitrogens with zero attached hydrogens (tertiary/aromatic N) is 1. The Morgan fingerprint density at radius 3 is 2.03 bits per heavy atom. The summed E-state index contributed by atoms with van der Waals surface area (Å²) < 4.78 is 11.6. The molecule has 0 aliphatic carbocycles. The number of carbonyl (C=O) groups is 1. The van der Waals surface area contributed by atoms with Crippen LogP contribution in [0.5, 0.6) is 5.75 Å². The summed E-state index contributed by atoms with van der Waals surface area (Å²) in [5, 5.41) is 0. The Morgan fingerprint density at radius 1 is 0.765 bits per heavy atom. The monoisotopic (exact) mass is 468 g/mol. The molecule has 0 amide bonds. The van der Waals surface area contributed by atoms with Crippen molar-refractivity contribution in [1.82, 2.24) is 0 Å². The standard InChI is InChI=1S/C30H46NO3/c1-4-5-6-7-8-9-10-11-13-16-27-19-21-29(22-20-27)33-26-34-30(32)23-24-31(2,3)25-28-17-14-12-15-18-28/h12,14-15,17-22H,4-11,13,16,23-26H2,1-3H3/q+1. The van der Waals surface area contributed by atoms with E-state index in [1.165, 1.54) is 68.9 Å². The van der Waals surface area contributed by atoms with Crippen LogP contribution in [0.25, 0.3) is 0 Å². The van der Waals surface area contributed by atoms with Gasteiger partial charge in [0, 0.05) is 5.56 Å². The van der Waals surface area contributed by atoms with E-state index in [0.29, 0.717) is 6.42 Å². The van der Waals surface area contributed by atoms with Gasteiger partial charge in [0.05, 0.1) is 27.1 Å². The number of unbranched alkanes of at least 4 members (excludes halogenated alkanes) is 8. The second kappa shape index (κ2) is 16.3. The number of aryl methyl sites for hydroxylation is 1. The fraction of sp³-hybridized carbons (Fsp3) is 0.567. The summed E-state index contributed by atoms with van der Waals surface area (Å²) in [4.78, 5) is 12.1. The van der Waals surface area contributed by atoms with Crippen molar-refractivity contribution in [3.05, 3.63) is 65.7 Å². The summed E-state index contributed by atoms with van der Waals surface area (Å²) in [6, 6.07) is 18.5. The third-order valence-electron chi connectivity index (χ3n) is 6.31. The number of ether oxygens (including phenoxy) is 2. The molecule has 0 saturated carbocycles. The molecule has 34 heavy (non-hydrogen) atoms. The van der Waals surface area contributed by atoms with Crippen LogP contribution in [0, 0.1) is 0 Å². The van der Waals surface area contributed by atoms with Crippen molar-refractivity contribution < 1.29 is 18.8 Å². The lowest BCUT2D eigenvalue weighted by molar-refractivity contribution is -0.903. The Kier molecular flexibility index (Phi) is 13.4. The van der Waals surface area contributed by atoms with Gasteiger partial charge >= 0.3 is 5.97 Å². The number of hydrogen-bond acceptors (Lipinski definition) is 3. The highest BCUT2D eigenvalue weighted by molar-refractivity contribution is 5.69. The summed E-state index contributed by atoms with van der Waals surface area (Å²) in [5.74, 6) is 0.519. The summed E-state index contributed by atoms with van der Waals surface area (Å²) >= 11 is 0. The molecule has 0 saturated heterocycles. The number of quaternary nitrogens is 1. The molecule has 0 fully saturated rings. The molecule has 0 aliphatic rings. The molecule has 2 rings (SSSR count). The molecular weight excluding hydrogens is 422 g/mol. The van der Waals surface area contributed by atoms with Gasteiger partial charge in [-0.1, -0.05) is 101 Å². The van der Waals surface area contributed by atoms with Gasteiger partial charge in [-0.05, 0) is 30.5 Å². The van der Waals surface area contributed by atoms with E-state index in [1.54, 1.807) is 0 Å². The molecular formula is C30H46NO3+. The van der Waals surface area contributed by atoms with Crippen LogP contribution < -0.4 is 4.74 Å². The molecule has 0 radical (unpaired) electrons. The minimum Gasteiger partial charge on any atom is -0.457 e. The van der Waals surface area contributed by atoms with Crippen LogP contribution in [0.1, 0.15) is 82.3 Å². The Bertz CT molecular complexity index is 786. The van der Waals surface area contributed by atoms with Crippen LogP contribution in [-0.4, -0.2) is 37.9 Å². The van der Waals surface area contributed by atoms with Crippen LogP contribution in [0.15, 0.2) is 54.6 Å². The molecule has 4 nitrogen and oxygen atoms in total. The molecule has 0 bridgehead atoms. The van der Waals surface area contributed by atoms with Crippen molar-refractivity contribution >= 4 is 5.97 Å². The van der Waals surface area contributed by atoms with Gasteiger partial charge in [0.25, 0.3) is 0 Å². The molecule has 0 N–H and O–H groups in total. The van der Waals surface area contributed by atoms with Crippen molar-refractivity contribution in [2.24, 2.45) is 0 Å². The molecule has 0 heterocycles. The zero-order valence-corrected chi connectivity index (χ0v) is 21.8. The maximum absolute atomic E-state index is 12.1. The Balaban J connectivity index is 1.54. The molecule has 0 unspecified atom stereocenters. The lowest BCUT2D eigenvalue weighted by Gasteiger charge is -2.29. The summed E-state index contributed by atoms with van der Waals surface area (Å²) in [5.41, 5.74) is 2.61. The predicted octanol–water partition coefficient (Wildman–Crippen LogP) is 7.31. The second-order valence-corrected chi connectivity index (χ2v) is 10.1. The fourth-order valence-corrected chi connectivity index (χ4v) is 4.18. The summed E-state index contributed by atoms with van der Waals surface area (Å²) in [7, 11) is 4.26. The normalized spacial score (nSPS) is 11.4. The average Bonchev–Trinajstić information content (AvgIpc) is 2.83. The largest absolute Gasteiger partial charge is 0.457 e. The molecule has 0 aliphatic heterocycles. The minimum atomic E-state index is -0.221. The SMILES string of the molecule is CCCCCCCCCCCc1ccc(OCOC(=O)CC[N+](C)(C)Cc2ccccc2)cc1. The van der Waals surface area contributed by atoms with E-state index in [9.17, 15) is 4.79 Å². The molecule has 4 heteroatoms. The van der Waals surface area contributed by atoms with Crippen LogP contribution in [-0.2, 0) is 22.5 Å². The fourth-order valence-electron chi connectivity index (χ4n) is 4.18. The summed E-state index contributed by atoms with van der Waals surface area (Å²) in [6.45, 7) is 3.84. The molecule has 0 atom stereocenters. The quantitative estimate of drug-likeness (QED) is 0.0996. The first kappa shape index (κ1) is 27.9.